The molecule has 2 aromatic heterocycles. The van der Waals surface area contributed by atoms with Gasteiger partial charge in [0.25, 0.3) is 0 Å². The molecule has 4 rings (SSSR count). The van der Waals surface area contributed by atoms with Crippen LogP contribution in [-0.2, 0) is 19.3 Å². The number of pyridine rings is 2. The maximum atomic E-state index is 9.34. The molecule has 0 amide bonds. The number of hydrogen-bond acceptors (Lipinski definition) is 4. The van der Waals surface area contributed by atoms with Crippen molar-refractivity contribution in [2.24, 2.45) is 0 Å². The fraction of sp³-hybridized carbons (Fsp3) is 0.150. The molecule has 0 atom stereocenters. The number of anilines is 1. The van der Waals surface area contributed by atoms with Crippen LogP contribution in [0.1, 0.15) is 27.9 Å². The van der Waals surface area contributed by atoms with Crippen LogP contribution in [0.25, 0.3) is 11.1 Å². The summed E-state index contributed by atoms with van der Waals surface area (Å²) in [6, 6.07) is 14.3. The highest BCUT2D eigenvalue weighted by Crippen LogP contribution is 2.29. The van der Waals surface area contributed by atoms with Crippen LogP contribution in [-0.4, -0.2) is 9.97 Å². The van der Waals surface area contributed by atoms with E-state index >= 15 is 0 Å². The Labute approximate surface area is 140 Å². The molecular formula is C20H16N4. The Hall–Kier alpha value is -3.19. The Morgan fingerprint density at radius 3 is 2.75 bits per heavy atom. The van der Waals surface area contributed by atoms with E-state index in [1.54, 1.807) is 6.20 Å². The summed E-state index contributed by atoms with van der Waals surface area (Å²) in [7, 11) is 0. The van der Waals surface area contributed by atoms with Gasteiger partial charge in [-0.15, -0.1) is 0 Å². The normalized spacial score (nSPS) is 12.6. The Morgan fingerprint density at radius 2 is 1.92 bits per heavy atom. The van der Waals surface area contributed by atoms with E-state index in [1.807, 2.05) is 30.5 Å². The highest BCUT2D eigenvalue weighted by Gasteiger charge is 2.17. The first-order valence-electron chi connectivity index (χ1n) is 7.95. The van der Waals surface area contributed by atoms with E-state index in [0.717, 1.165) is 47.2 Å². The minimum Gasteiger partial charge on any atom is -0.384 e. The molecule has 1 aromatic carbocycles. The molecule has 0 unspecified atom stereocenters. The molecule has 0 saturated carbocycles. The van der Waals surface area contributed by atoms with Crippen molar-refractivity contribution in [3.63, 3.8) is 0 Å². The maximum Gasteiger partial charge on any atom is 0.123 e. The average molecular weight is 312 g/mol. The summed E-state index contributed by atoms with van der Waals surface area (Å²) in [4.78, 5) is 8.72. The molecule has 3 aromatic rings. The van der Waals surface area contributed by atoms with Crippen molar-refractivity contribution in [2.75, 3.05) is 5.73 Å². The van der Waals surface area contributed by atoms with Gasteiger partial charge in [-0.25, -0.2) is 4.98 Å². The van der Waals surface area contributed by atoms with Gasteiger partial charge in [-0.2, -0.15) is 5.26 Å². The van der Waals surface area contributed by atoms with Gasteiger partial charge in [0.15, 0.2) is 0 Å². The molecule has 24 heavy (non-hydrogen) atoms. The first-order chi connectivity index (χ1) is 11.7. The Bertz CT molecular complexity index is 970. The van der Waals surface area contributed by atoms with Gasteiger partial charge in [0.2, 0.25) is 0 Å². The molecule has 116 valence electrons. The zero-order valence-electron chi connectivity index (χ0n) is 13.2. The molecule has 0 aliphatic heterocycles. The first kappa shape index (κ1) is 14.4. The lowest BCUT2D eigenvalue weighted by molar-refractivity contribution is 0.914. The van der Waals surface area contributed by atoms with Crippen LogP contribution >= 0.6 is 0 Å². The zero-order chi connectivity index (χ0) is 16.5. The van der Waals surface area contributed by atoms with Gasteiger partial charge in [0.05, 0.1) is 11.6 Å². The van der Waals surface area contributed by atoms with E-state index < -0.39 is 0 Å². The number of hydrogen-bond donors (Lipinski definition) is 1. The van der Waals surface area contributed by atoms with Crippen LogP contribution in [0.15, 0.2) is 48.8 Å². The van der Waals surface area contributed by atoms with Crippen LogP contribution in [0.5, 0.6) is 0 Å². The second-order valence-electron chi connectivity index (χ2n) is 6.03. The van der Waals surface area contributed by atoms with Crippen molar-refractivity contribution in [2.45, 2.75) is 19.3 Å². The zero-order valence-corrected chi connectivity index (χ0v) is 13.2. The fourth-order valence-corrected chi connectivity index (χ4v) is 3.35. The molecule has 1 aliphatic rings. The van der Waals surface area contributed by atoms with E-state index in [9.17, 15) is 5.26 Å². The molecule has 0 fully saturated rings. The SMILES string of the molecule is N#Cc1cccc2c1CCc1ncc(-c3ccnc(N)c3)cc1C2. The van der Waals surface area contributed by atoms with Crippen molar-refractivity contribution in [3.05, 3.63) is 76.7 Å². The summed E-state index contributed by atoms with van der Waals surface area (Å²) in [6.45, 7) is 0. The van der Waals surface area contributed by atoms with Crippen molar-refractivity contribution in [3.8, 4) is 17.2 Å². The Morgan fingerprint density at radius 1 is 1.00 bits per heavy atom. The monoisotopic (exact) mass is 312 g/mol. The lowest BCUT2D eigenvalue weighted by Gasteiger charge is -2.09. The Kier molecular flexibility index (Phi) is 3.47. The van der Waals surface area contributed by atoms with Crippen molar-refractivity contribution in [1.29, 1.82) is 5.26 Å². The lowest BCUT2D eigenvalue weighted by Crippen LogP contribution is -1.98. The minimum absolute atomic E-state index is 0.506. The molecule has 2 heterocycles. The summed E-state index contributed by atoms with van der Waals surface area (Å²) < 4.78 is 0. The number of nitriles is 1. The lowest BCUT2D eigenvalue weighted by atomic mass is 9.96. The third kappa shape index (κ3) is 2.50. The van der Waals surface area contributed by atoms with Gasteiger partial charge in [-0.05, 0) is 65.8 Å². The van der Waals surface area contributed by atoms with Gasteiger partial charge in [0.1, 0.15) is 5.82 Å². The van der Waals surface area contributed by atoms with E-state index in [1.165, 1.54) is 11.1 Å². The van der Waals surface area contributed by atoms with E-state index in [-0.39, 0.29) is 0 Å². The number of aromatic nitrogens is 2. The number of nitrogen functional groups attached to an aromatic ring is 1. The maximum absolute atomic E-state index is 9.34. The smallest absolute Gasteiger partial charge is 0.123 e. The quantitative estimate of drug-likeness (QED) is 0.748. The molecule has 0 spiro atoms. The third-order valence-corrected chi connectivity index (χ3v) is 4.56. The van der Waals surface area contributed by atoms with E-state index in [2.05, 4.69) is 28.2 Å². The largest absolute Gasteiger partial charge is 0.384 e. The van der Waals surface area contributed by atoms with Gasteiger partial charge >= 0.3 is 0 Å². The highest BCUT2D eigenvalue weighted by atomic mass is 14.8. The molecule has 2 N–H and O–H groups in total. The molecule has 4 nitrogen and oxygen atoms in total. The second kappa shape index (κ2) is 5.78. The Balaban J connectivity index is 1.78. The predicted octanol–water partition coefficient (Wildman–Crippen LogP) is 3.29. The van der Waals surface area contributed by atoms with Gasteiger partial charge < -0.3 is 5.73 Å². The van der Waals surface area contributed by atoms with Crippen LogP contribution in [0, 0.1) is 11.3 Å². The number of benzene rings is 1. The summed E-state index contributed by atoms with van der Waals surface area (Å²) in [5.41, 5.74) is 13.4. The van der Waals surface area contributed by atoms with Gasteiger partial charge in [-0.1, -0.05) is 12.1 Å². The summed E-state index contributed by atoms with van der Waals surface area (Å²) in [5.74, 6) is 0.506. The van der Waals surface area contributed by atoms with Crippen LogP contribution < -0.4 is 5.73 Å². The topological polar surface area (TPSA) is 75.6 Å². The number of fused-ring (bicyclic) bond motifs is 2. The molecule has 0 radical (unpaired) electrons. The van der Waals surface area contributed by atoms with Crippen molar-refractivity contribution < 1.29 is 0 Å². The molecule has 4 heteroatoms. The number of nitrogens with zero attached hydrogens (tertiary/aromatic N) is 3. The standard InChI is InChI=1S/C20H16N4/c21-11-15-3-1-2-14-8-16-9-17(13-6-7-23-20(22)10-13)12-24-19(16)5-4-18(14)15/h1-3,6-7,9-10,12H,4-5,8H2,(H2,22,23). The van der Waals surface area contributed by atoms with Crippen molar-refractivity contribution >= 4 is 5.82 Å². The molecule has 0 saturated heterocycles. The second-order valence-corrected chi connectivity index (χ2v) is 6.03. The fourth-order valence-electron chi connectivity index (χ4n) is 3.35. The first-order valence-corrected chi connectivity index (χ1v) is 7.95. The van der Waals surface area contributed by atoms with Gasteiger partial charge in [-0.3, -0.25) is 4.98 Å². The van der Waals surface area contributed by atoms with Crippen LogP contribution in [0.3, 0.4) is 0 Å². The molecular weight excluding hydrogens is 296 g/mol. The van der Waals surface area contributed by atoms with Crippen LogP contribution in [0.2, 0.25) is 0 Å². The number of rotatable bonds is 1. The molecule has 1 aliphatic carbocycles. The number of nitrogens with two attached hydrogens (primary N) is 1. The predicted molar refractivity (Wildman–Crippen MR) is 93.3 cm³/mol. The highest BCUT2D eigenvalue weighted by molar-refractivity contribution is 5.66. The molecule has 0 bridgehead atoms. The van der Waals surface area contributed by atoms with E-state index in [0.29, 0.717) is 5.82 Å². The average Bonchev–Trinajstić information content (AvgIpc) is 2.80. The van der Waals surface area contributed by atoms with Crippen LogP contribution in [0.4, 0.5) is 5.82 Å². The minimum atomic E-state index is 0.506. The van der Waals surface area contributed by atoms with Crippen molar-refractivity contribution in [1.82, 2.24) is 9.97 Å². The summed E-state index contributed by atoms with van der Waals surface area (Å²) in [5, 5.41) is 9.34. The number of aryl methyl sites for hydroxylation is 1. The summed E-state index contributed by atoms with van der Waals surface area (Å²) >= 11 is 0. The van der Waals surface area contributed by atoms with Gasteiger partial charge in [0, 0.05) is 23.7 Å². The third-order valence-electron chi connectivity index (χ3n) is 4.56. The summed E-state index contributed by atoms with van der Waals surface area (Å²) in [6.07, 6.45) is 6.14. The van der Waals surface area contributed by atoms with E-state index in [4.69, 9.17) is 5.73 Å².